The number of methoxy groups -OCH3 is 2. The van der Waals surface area contributed by atoms with Crippen LogP contribution in [0, 0.1) is 11.8 Å². The molecule has 12 heteroatoms. The Balaban J connectivity index is 0.000000241. The van der Waals surface area contributed by atoms with Gasteiger partial charge in [0.05, 0.1) is 14.2 Å². The minimum Gasteiger partial charge on any atom is -0.503 e. The Labute approximate surface area is 373 Å². The maximum atomic E-state index is 13.4. The second kappa shape index (κ2) is 21.5. The number of aliphatic hydroxyl groups excluding tert-OH is 4. The molecule has 64 heavy (non-hydrogen) atoms. The number of benzene rings is 2. The Bertz CT molecular complexity index is 2270. The van der Waals surface area contributed by atoms with Gasteiger partial charge in [-0.05, 0) is 102 Å². The number of ketones is 6. The molecule has 0 saturated heterocycles. The molecule has 0 aliphatic heterocycles. The Morgan fingerprint density at radius 1 is 0.547 bits per heavy atom. The molecule has 0 spiro atoms. The topological polar surface area (TPSA) is 202 Å². The van der Waals surface area contributed by atoms with Gasteiger partial charge in [0, 0.05) is 11.8 Å². The number of rotatable bonds is 14. The molecular formula is C52H56O12. The molecule has 4 aliphatic rings. The lowest BCUT2D eigenvalue weighted by Crippen LogP contribution is -2.34. The Morgan fingerprint density at radius 3 is 1.20 bits per heavy atom. The lowest BCUT2D eigenvalue weighted by Gasteiger charge is -2.32. The second-order valence-corrected chi connectivity index (χ2v) is 16.7. The number of allylic oxidation sites excluding steroid dienone is 10. The van der Waals surface area contributed by atoms with Crippen LogP contribution in [-0.2, 0) is 38.2 Å². The SMILES string of the molecule is COC1=C(O)C(=O)C(C(=O)[C@@H]2CC=C(CCC=C(C)C)C[C@H]2c2ccccc2)=C(O)C1=O.COC1=C(O)C(=O)C(C(=O)[C@H]2CC=C(CCC=C(C)C)C[C@@H]2c2ccccc2)=C(O)C1=O. The Kier molecular flexibility index (Phi) is 16.2. The van der Waals surface area contributed by atoms with Gasteiger partial charge in [0.25, 0.3) is 11.6 Å². The third-order valence-electron chi connectivity index (χ3n) is 12.0. The van der Waals surface area contributed by atoms with Gasteiger partial charge < -0.3 is 29.9 Å². The highest BCUT2D eigenvalue weighted by Crippen LogP contribution is 2.43. The summed E-state index contributed by atoms with van der Waals surface area (Å²) in [6, 6.07) is 19.1. The summed E-state index contributed by atoms with van der Waals surface area (Å²) in [5.74, 6) is -12.5. The summed E-state index contributed by atoms with van der Waals surface area (Å²) in [5.41, 5.74) is 5.53. The van der Waals surface area contributed by atoms with Crippen LogP contribution >= 0.6 is 0 Å². The molecular weight excluding hydrogens is 817 g/mol. The highest BCUT2D eigenvalue weighted by molar-refractivity contribution is 6.35. The van der Waals surface area contributed by atoms with Gasteiger partial charge in [-0.25, -0.2) is 0 Å². The molecule has 4 N–H and O–H groups in total. The van der Waals surface area contributed by atoms with Crippen molar-refractivity contribution in [2.75, 3.05) is 14.2 Å². The third kappa shape index (κ3) is 10.7. The fraction of sp³-hybridized carbons (Fsp3) is 0.346. The molecule has 0 bridgehead atoms. The molecule has 0 unspecified atom stereocenters. The maximum absolute atomic E-state index is 13.4. The second-order valence-electron chi connectivity index (χ2n) is 16.7. The fourth-order valence-corrected chi connectivity index (χ4v) is 8.64. The van der Waals surface area contributed by atoms with Crippen molar-refractivity contribution in [3.8, 4) is 0 Å². The van der Waals surface area contributed by atoms with Gasteiger partial charge in [-0.2, -0.15) is 0 Å². The zero-order chi connectivity index (χ0) is 46.8. The smallest absolute Gasteiger partial charge is 0.266 e. The number of aliphatic hydroxyl groups is 4. The predicted molar refractivity (Wildman–Crippen MR) is 240 cm³/mol. The fourth-order valence-electron chi connectivity index (χ4n) is 8.64. The van der Waals surface area contributed by atoms with Gasteiger partial charge >= 0.3 is 0 Å². The van der Waals surface area contributed by atoms with E-state index in [1.807, 2.05) is 72.8 Å². The molecule has 4 atom stereocenters. The van der Waals surface area contributed by atoms with E-state index in [-0.39, 0.29) is 11.8 Å². The summed E-state index contributed by atoms with van der Waals surface area (Å²) in [5, 5.41) is 40.9. The monoisotopic (exact) mass is 872 g/mol. The van der Waals surface area contributed by atoms with E-state index in [1.54, 1.807) is 0 Å². The van der Waals surface area contributed by atoms with E-state index in [2.05, 4.69) is 39.8 Å². The number of ether oxygens (including phenoxy) is 2. The molecule has 336 valence electrons. The summed E-state index contributed by atoms with van der Waals surface area (Å²) in [7, 11) is 2.20. The summed E-state index contributed by atoms with van der Waals surface area (Å²) in [6.45, 7) is 8.22. The third-order valence-corrected chi connectivity index (χ3v) is 12.0. The number of carbonyl (C=O) groups excluding carboxylic acids is 6. The predicted octanol–water partition coefficient (Wildman–Crippen LogP) is 9.60. The largest absolute Gasteiger partial charge is 0.503 e. The van der Waals surface area contributed by atoms with Crippen LogP contribution in [0.4, 0.5) is 0 Å². The van der Waals surface area contributed by atoms with E-state index >= 15 is 0 Å². The number of hydrogen-bond donors (Lipinski definition) is 4. The van der Waals surface area contributed by atoms with Crippen molar-refractivity contribution in [2.45, 2.75) is 90.9 Å². The van der Waals surface area contributed by atoms with Gasteiger partial charge in [-0.15, -0.1) is 0 Å². The van der Waals surface area contributed by atoms with Crippen molar-refractivity contribution in [1.29, 1.82) is 0 Å². The van der Waals surface area contributed by atoms with E-state index in [1.165, 1.54) is 22.3 Å². The highest BCUT2D eigenvalue weighted by atomic mass is 16.5. The van der Waals surface area contributed by atoms with Crippen molar-refractivity contribution < 1.29 is 58.7 Å². The zero-order valence-corrected chi connectivity index (χ0v) is 37.1. The van der Waals surface area contributed by atoms with E-state index < -0.39 is 92.2 Å². The molecule has 12 nitrogen and oxygen atoms in total. The molecule has 0 saturated carbocycles. The lowest BCUT2D eigenvalue weighted by atomic mass is 9.71. The van der Waals surface area contributed by atoms with Crippen LogP contribution in [0.3, 0.4) is 0 Å². The van der Waals surface area contributed by atoms with Crippen LogP contribution in [-0.4, -0.2) is 69.3 Å². The van der Waals surface area contributed by atoms with Crippen LogP contribution in [0.5, 0.6) is 0 Å². The van der Waals surface area contributed by atoms with Crippen LogP contribution in [0.2, 0.25) is 0 Å². The first kappa shape index (κ1) is 48.2. The quantitative estimate of drug-likeness (QED) is 0.0797. The molecule has 6 rings (SSSR count). The minimum atomic E-state index is -1.09. The first-order valence-corrected chi connectivity index (χ1v) is 21.3. The molecule has 0 aromatic heterocycles. The van der Waals surface area contributed by atoms with E-state index in [4.69, 9.17) is 9.47 Å². The summed E-state index contributed by atoms with van der Waals surface area (Å²) < 4.78 is 9.46. The van der Waals surface area contributed by atoms with Crippen molar-refractivity contribution in [1.82, 2.24) is 0 Å². The van der Waals surface area contributed by atoms with Gasteiger partial charge in [0.2, 0.25) is 34.6 Å². The van der Waals surface area contributed by atoms with Crippen LogP contribution < -0.4 is 0 Å². The summed E-state index contributed by atoms with van der Waals surface area (Å²) in [4.78, 5) is 76.8. The van der Waals surface area contributed by atoms with E-state index in [0.717, 1.165) is 51.0 Å². The van der Waals surface area contributed by atoms with Gasteiger partial charge in [0.1, 0.15) is 11.1 Å². The first-order chi connectivity index (χ1) is 30.5. The summed E-state index contributed by atoms with van der Waals surface area (Å²) >= 11 is 0. The standard InChI is InChI=1S/2C26H28O6/c2*1-15(2)8-7-9-16-12-13-18(19(14-16)17-10-5-4-6-11-17)21(27)20-22(28)24(30)26(32-3)25(31)23(20)29/h2*4-6,8,10-12,18-19,28,31H,7,9,13-14H2,1-3H3/t2*18-,19+/m10/s1. The minimum absolute atomic E-state index is 0.214. The first-order valence-electron chi connectivity index (χ1n) is 21.3. The Hall–Kier alpha value is -6.82. The zero-order valence-electron chi connectivity index (χ0n) is 37.1. The number of hydrogen-bond acceptors (Lipinski definition) is 12. The van der Waals surface area contributed by atoms with E-state index in [9.17, 15) is 49.2 Å². The molecule has 4 aliphatic carbocycles. The average molecular weight is 873 g/mol. The summed E-state index contributed by atoms with van der Waals surface area (Å²) in [6.07, 6.45) is 14.0. The van der Waals surface area contributed by atoms with Crippen molar-refractivity contribution in [3.05, 3.63) is 164 Å². The molecule has 0 radical (unpaired) electrons. The van der Waals surface area contributed by atoms with Crippen LogP contribution in [0.25, 0.3) is 0 Å². The van der Waals surface area contributed by atoms with Crippen LogP contribution in [0.15, 0.2) is 153 Å². The number of carbonyl (C=O) groups is 6. The average Bonchev–Trinajstić information content (AvgIpc) is 3.28. The Morgan fingerprint density at radius 2 is 0.891 bits per heavy atom. The van der Waals surface area contributed by atoms with Crippen molar-refractivity contribution in [2.24, 2.45) is 11.8 Å². The lowest BCUT2D eigenvalue weighted by molar-refractivity contribution is -0.128. The maximum Gasteiger partial charge on any atom is 0.266 e. The molecule has 0 heterocycles. The molecule has 0 fully saturated rings. The normalized spacial score (nSPS) is 21.4. The van der Waals surface area contributed by atoms with Crippen molar-refractivity contribution >= 4 is 34.7 Å². The van der Waals surface area contributed by atoms with E-state index in [0.29, 0.717) is 25.7 Å². The molecule has 0 amide bonds. The molecule has 2 aromatic rings. The van der Waals surface area contributed by atoms with Gasteiger partial charge in [-0.3, -0.25) is 28.8 Å². The molecule has 2 aromatic carbocycles. The van der Waals surface area contributed by atoms with Gasteiger partial charge in [-0.1, -0.05) is 107 Å². The highest BCUT2D eigenvalue weighted by Gasteiger charge is 2.45. The van der Waals surface area contributed by atoms with Crippen LogP contribution in [0.1, 0.15) is 102 Å². The van der Waals surface area contributed by atoms with Crippen molar-refractivity contribution in [3.63, 3.8) is 0 Å². The van der Waals surface area contributed by atoms with Gasteiger partial charge in [0.15, 0.2) is 23.1 Å². The number of Topliss-reactive ketones (excluding diaryl/α,β-unsaturated/α-hetero) is 6.